The van der Waals surface area contributed by atoms with Crippen LogP contribution in [-0.4, -0.2) is 17.0 Å². The number of hydrogen-bond acceptors (Lipinski definition) is 5. The largest absolute Gasteiger partial charge is 0.508 e. The van der Waals surface area contributed by atoms with Crippen LogP contribution in [0.3, 0.4) is 0 Å². The van der Waals surface area contributed by atoms with Gasteiger partial charge in [-0.05, 0) is 19.1 Å². The summed E-state index contributed by atoms with van der Waals surface area (Å²) in [7, 11) is 0. The highest BCUT2D eigenvalue weighted by atomic mass is 16.6. The Labute approximate surface area is 92.6 Å². The zero-order chi connectivity index (χ0) is 12.3. The van der Waals surface area contributed by atoms with Crippen molar-refractivity contribution >= 4 is 11.9 Å². The molecular weight excluding hydrogens is 212 g/mol. The number of rotatable bonds is 2. The highest BCUT2D eigenvalue weighted by molar-refractivity contribution is 5.75. The van der Waals surface area contributed by atoms with E-state index in [2.05, 4.69) is 0 Å². The zero-order valence-electron chi connectivity index (χ0n) is 9.23. The van der Waals surface area contributed by atoms with Crippen molar-refractivity contribution in [2.45, 2.75) is 20.8 Å². The number of esters is 2. The molecule has 0 atom stereocenters. The Hall–Kier alpha value is -2.04. The van der Waals surface area contributed by atoms with Gasteiger partial charge in [-0.15, -0.1) is 0 Å². The van der Waals surface area contributed by atoms with Gasteiger partial charge in [-0.3, -0.25) is 9.59 Å². The van der Waals surface area contributed by atoms with Gasteiger partial charge in [0.1, 0.15) is 5.75 Å². The summed E-state index contributed by atoms with van der Waals surface area (Å²) in [6.45, 7) is 4.02. The molecule has 0 aliphatic rings. The van der Waals surface area contributed by atoms with Crippen molar-refractivity contribution in [1.82, 2.24) is 0 Å². The van der Waals surface area contributed by atoms with E-state index in [1.807, 2.05) is 0 Å². The van der Waals surface area contributed by atoms with Gasteiger partial charge in [-0.2, -0.15) is 0 Å². The maximum atomic E-state index is 10.9. The lowest BCUT2D eigenvalue weighted by atomic mass is 10.2. The number of aromatic hydroxyl groups is 1. The topological polar surface area (TPSA) is 72.8 Å². The molecule has 16 heavy (non-hydrogen) atoms. The fourth-order valence-corrected chi connectivity index (χ4v) is 1.16. The van der Waals surface area contributed by atoms with Gasteiger partial charge in [0.15, 0.2) is 11.5 Å². The summed E-state index contributed by atoms with van der Waals surface area (Å²) < 4.78 is 9.74. The molecule has 1 aromatic carbocycles. The Balaban J connectivity index is 3.20. The molecule has 86 valence electrons. The molecule has 0 unspecified atom stereocenters. The molecule has 0 bridgehead atoms. The van der Waals surface area contributed by atoms with Crippen LogP contribution in [-0.2, 0) is 9.59 Å². The number of hydrogen-bond donors (Lipinski definition) is 1. The number of ether oxygens (including phenoxy) is 2. The first-order chi connectivity index (χ1) is 7.41. The second-order valence-corrected chi connectivity index (χ2v) is 3.22. The van der Waals surface area contributed by atoms with Crippen molar-refractivity contribution in [3.8, 4) is 17.2 Å². The van der Waals surface area contributed by atoms with E-state index in [4.69, 9.17) is 9.47 Å². The van der Waals surface area contributed by atoms with Crippen LogP contribution in [0, 0.1) is 6.92 Å². The van der Waals surface area contributed by atoms with E-state index in [-0.39, 0.29) is 17.2 Å². The quantitative estimate of drug-likeness (QED) is 0.609. The lowest BCUT2D eigenvalue weighted by molar-refractivity contribution is -0.134. The molecule has 1 aromatic rings. The monoisotopic (exact) mass is 224 g/mol. The van der Waals surface area contributed by atoms with Crippen LogP contribution in [0.2, 0.25) is 0 Å². The Bertz CT molecular complexity index is 436. The molecule has 0 aliphatic heterocycles. The van der Waals surface area contributed by atoms with Crippen LogP contribution in [0.4, 0.5) is 0 Å². The highest BCUT2D eigenvalue weighted by Crippen LogP contribution is 2.36. The molecule has 1 rings (SSSR count). The van der Waals surface area contributed by atoms with Gasteiger partial charge in [-0.25, -0.2) is 0 Å². The second kappa shape index (κ2) is 4.65. The molecule has 0 radical (unpaired) electrons. The molecular formula is C11H12O5. The number of carbonyl (C=O) groups excluding carboxylic acids is 2. The van der Waals surface area contributed by atoms with Gasteiger partial charge in [0.05, 0.1) is 0 Å². The molecule has 0 spiro atoms. The third-order valence-electron chi connectivity index (χ3n) is 1.84. The summed E-state index contributed by atoms with van der Waals surface area (Å²) in [5.41, 5.74) is 0.342. The van der Waals surface area contributed by atoms with Crippen LogP contribution in [0.25, 0.3) is 0 Å². The van der Waals surface area contributed by atoms with E-state index in [0.717, 1.165) is 0 Å². The molecule has 0 saturated heterocycles. The van der Waals surface area contributed by atoms with Crippen molar-refractivity contribution < 1.29 is 24.2 Å². The van der Waals surface area contributed by atoms with Gasteiger partial charge >= 0.3 is 11.9 Å². The van der Waals surface area contributed by atoms with E-state index in [0.29, 0.717) is 5.56 Å². The molecule has 5 heteroatoms. The molecule has 0 aromatic heterocycles. The van der Waals surface area contributed by atoms with Crippen molar-refractivity contribution in [2.24, 2.45) is 0 Å². The van der Waals surface area contributed by atoms with Crippen molar-refractivity contribution in [3.63, 3.8) is 0 Å². The fraction of sp³-hybridized carbons (Fsp3) is 0.273. The molecule has 0 amide bonds. The Morgan fingerprint density at radius 3 is 2.19 bits per heavy atom. The average molecular weight is 224 g/mol. The van der Waals surface area contributed by atoms with E-state index >= 15 is 0 Å². The molecule has 5 nitrogen and oxygen atoms in total. The summed E-state index contributed by atoms with van der Waals surface area (Å²) in [5.74, 6) is -0.951. The van der Waals surface area contributed by atoms with E-state index in [1.54, 1.807) is 6.92 Å². The average Bonchev–Trinajstić information content (AvgIpc) is 2.16. The molecule has 0 fully saturated rings. The smallest absolute Gasteiger partial charge is 0.308 e. The highest BCUT2D eigenvalue weighted by Gasteiger charge is 2.15. The summed E-state index contributed by atoms with van der Waals surface area (Å²) in [6.07, 6.45) is 0. The van der Waals surface area contributed by atoms with Crippen LogP contribution < -0.4 is 9.47 Å². The normalized spacial score (nSPS) is 9.69. The first kappa shape index (κ1) is 12.0. The van der Waals surface area contributed by atoms with Crippen molar-refractivity contribution in [1.29, 1.82) is 0 Å². The van der Waals surface area contributed by atoms with Gasteiger partial charge in [0.2, 0.25) is 0 Å². The third kappa shape index (κ3) is 2.73. The summed E-state index contributed by atoms with van der Waals surface area (Å²) in [4.78, 5) is 21.7. The SMILES string of the molecule is CC(=O)Oc1ccc(O)c(C)c1OC(C)=O. The summed E-state index contributed by atoms with van der Waals surface area (Å²) in [6, 6.07) is 2.72. The van der Waals surface area contributed by atoms with Crippen LogP contribution in [0.15, 0.2) is 12.1 Å². The standard InChI is InChI=1S/C11H12O5/c1-6-9(14)4-5-10(15-7(2)12)11(6)16-8(3)13/h4-5,14H,1-3H3. The fourth-order valence-electron chi connectivity index (χ4n) is 1.16. The summed E-state index contributed by atoms with van der Waals surface area (Å²) >= 11 is 0. The van der Waals surface area contributed by atoms with E-state index in [1.165, 1.54) is 26.0 Å². The molecule has 0 saturated carbocycles. The first-order valence-corrected chi connectivity index (χ1v) is 4.61. The molecule has 0 heterocycles. The van der Waals surface area contributed by atoms with Crippen LogP contribution in [0.1, 0.15) is 19.4 Å². The predicted octanol–water partition coefficient (Wildman–Crippen LogP) is 1.55. The van der Waals surface area contributed by atoms with Crippen LogP contribution >= 0.6 is 0 Å². The lowest BCUT2D eigenvalue weighted by Gasteiger charge is -2.11. The van der Waals surface area contributed by atoms with Gasteiger partial charge in [-0.1, -0.05) is 0 Å². The zero-order valence-corrected chi connectivity index (χ0v) is 9.23. The summed E-state index contributed by atoms with van der Waals surface area (Å²) in [5, 5.41) is 9.44. The minimum absolute atomic E-state index is 0.0350. The van der Waals surface area contributed by atoms with Crippen molar-refractivity contribution in [3.05, 3.63) is 17.7 Å². The minimum atomic E-state index is -0.554. The Kier molecular flexibility index (Phi) is 3.50. The second-order valence-electron chi connectivity index (χ2n) is 3.22. The predicted molar refractivity (Wildman–Crippen MR) is 55.5 cm³/mol. The number of phenols is 1. The first-order valence-electron chi connectivity index (χ1n) is 4.61. The maximum absolute atomic E-state index is 10.9. The number of phenolic OH excluding ortho intramolecular Hbond substituents is 1. The minimum Gasteiger partial charge on any atom is -0.508 e. The number of carbonyl (C=O) groups is 2. The number of benzene rings is 1. The Morgan fingerprint density at radius 2 is 1.69 bits per heavy atom. The van der Waals surface area contributed by atoms with Gasteiger partial charge in [0.25, 0.3) is 0 Å². The molecule has 1 N–H and O–H groups in total. The molecule has 0 aliphatic carbocycles. The lowest BCUT2D eigenvalue weighted by Crippen LogP contribution is -2.08. The van der Waals surface area contributed by atoms with Gasteiger partial charge < -0.3 is 14.6 Å². The van der Waals surface area contributed by atoms with Crippen molar-refractivity contribution in [2.75, 3.05) is 0 Å². The van der Waals surface area contributed by atoms with E-state index < -0.39 is 11.9 Å². The van der Waals surface area contributed by atoms with Gasteiger partial charge in [0, 0.05) is 19.4 Å². The Morgan fingerprint density at radius 1 is 1.12 bits per heavy atom. The third-order valence-corrected chi connectivity index (χ3v) is 1.84. The van der Waals surface area contributed by atoms with E-state index in [9.17, 15) is 14.7 Å². The van der Waals surface area contributed by atoms with Crippen LogP contribution in [0.5, 0.6) is 17.2 Å². The maximum Gasteiger partial charge on any atom is 0.308 e.